The van der Waals surface area contributed by atoms with E-state index in [0.717, 1.165) is 37.7 Å². The molecule has 0 atom stereocenters. The third-order valence-corrected chi connectivity index (χ3v) is 6.69. The summed E-state index contributed by atoms with van der Waals surface area (Å²) in [4.78, 5) is 39.5. The van der Waals surface area contributed by atoms with Gasteiger partial charge in [0.25, 0.3) is 17.7 Å². The Balaban J connectivity index is 1.38. The number of hydrogen-bond donors (Lipinski definition) is 2. The van der Waals surface area contributed by atoms with E-state index in [1.165, 1.54) is 12.0 Å². The van der Waals surface area contributed by atoms with Crippen molar-refractivity contribution in [2.45, 2.75) is 44.7 Å². The van der Waals surface area contributed by atoms with Crippen molar-refractivity contribution in [3.05, 3.63) is 64.3 Å². The van der Waals surface area contributed by atoms with E-state index in [2.05, 4.69) is 10.6 Å². The van der Waals surface area contributed by atoms with Gasteiger partial charge >= 0.3 is 0 Å². The van der Waals surface area contributed by atoms with Crippen molar-refractivity contribution >= 4 is 35.0 Å². The van der Waals surface area contributed by atoms with Gasteiger partial charge in [-0.25, -0.2) is 0 Å². The number of halogens is 1. The van der Waals surface area contributed by atoms with Gasteiger partial charge in [0.15, 0.2) is 0 Å². The summed E-state index contributed by atoms with van der Waals surface area (Å²) in [5, 5.41) is 5.78. The number of methoxy groups -OCH3 is 2. The van der Waals surface area contributed by atoms with E-state index in [9.17, 15) is 14.4 Å². The number of nitrogens with zero attached hydrogens (tertiary/aromatic N) is 1. The highest BCUT2D eigenvalue weighted by atomic mass is 35.5. The van der Waals surface area contributed by atoms with Gasteiger partial charge in [-0.05, 0) is 42.7 Å². The number of imide groups is 1. The van der Waals surface area contributed by atoms with Gasteiger partial charge in [0.2, 0.25) is 0 Å². The largest absolute Gasteiger partial charge is 0.497 e. The molecule has 35 heavy (non-hydrogen) atoms. The van der Waals surface area contributed by atoms with Crippen LogP contribution in [0.2, 0.25) is 0 Å². The Morgan fingerprint density at radius 1 is 1.00 bits per heavy atom. The summed E-state index contributed by atoms with van der Waals surface area (Å²) in [6.45, 7) is 0.289. The van der Waals surface area contributed by atoms with Crippen molar-refractivity contribution < 1.29 is 23.9 Å². The third kappa shape index (κ3) is 5.27. The van der Waals surface area contributed by atoms with E-state index in [1.807, 2.05) is 0 Å². The Morgan fingerprint density at radius 2 is 1.71 bits per heavy atom. The molecular formula is C26H28ClN3O5. The molecule has 2 N–H and O–H groups in total. The SMILES string of the molecule is COc1ccc(NC(=O)c2ccc(CNC3=C(Cl)C(=O)N(C4CCCCC4)C3=O)cc2)c(OC)c1. The molecule has 9 heteroatoms. The minimum Gasteiger partial charge on any atom is -0.497 e. The molecule has 0 aromatic heterocycles. The van der Waals surface area contributed by atoms with Crippen molar-refractivity contribution in [1.29, 1.82) is 0 Å². The fraction of sp³-hybridized carbons (Fsp3) is 0.346. The van der Waals surface area contributed by atoms with Crippen molar-refractivity contribution in [2.24, 2.45) is 0 Å². The van der Waals surface area contributed by atoms with Crippen LogP contribution in [-0.2, 0) is 16.1 Å². The van der Waals surface area contributed by atoms with Crippen LogP contribution in [0, 0.1) is 0 Å². The molecule has 0 spiro atoms. The second-order valence-corrected chi connectivity index (χ2v) is 8.91. The van der Waals surface area contributed by atoms with Crippen LogP contribution in [0.4, 0.5) is 5.69 Å². The summed E-state index contributed by atoms with van der Waals surface area (Å²) in [5.74, 6) is 0.0275. The van der Waals surface area contributed by atoms with Gasteiger partial charge < -0.3 is 20.1 Å². The van der Waals surface area contributed by atoms with Crippen molar-refractivity contribution in [1.82, 2.24) is 10.2 Å². The molecular weight excluding hydrogens is 470 g/mol. The minimum atomic E-state index is -0.424. The molecule has 2 aromatic carbocycles. The standard InChI is InChI=1S/C26H28ClN3O5/c1-34-19-12-13-20(21(14-19)35-2)29-24(31)17-10-8-16(9-11-17)15-28-23-22(27)25(32)30(26(23)33)18-6-4-3-5-7-18/h8-14,18,28H,3-7,15H2,1-2H3,(H,29,31). The zero-order chi connectivity index (χ0) is 24.9. The Kier molecular flexibility index (Phi) is 7.60. The first-order valence-electron chi connectivity index (χ1n) is 11.6. The number of rotatable bonds is 8. The summed E-state index contributed by atoms with van der Waals surface area (Å²) in [6, 6.07) is 12.0. The van der Waals surface area contributed by atoms with Crippen LogP contribution in [0.15, 0.2) is 53.2 Å². The number of ether oxygens (including phenoxy) is 2. The van der Waals surface area contributed by atoms with Crippen LogP contribution in [0.25, 0.3) is 0 Å². The normalized spacial score (nSPS) is 16.5. The quantitative estimate of drug-likeness (QED) is 0.531. The van der Waals surface area contributed by atoms with E-state index >= 15 is 0 Å². The fourth-order valence-corrected chi connectivity index (χ4v) is 4.64. The summed E-state index contributed by atoms with van der Waals surface area (Å²) in [5.41, 5.74) is 1.95. The Bertz CT molecular complexity index is 1160. The van der Waals surface area contributed by atoms with E-state index in [4.69, 9.17) is 21.1 Å². The van der Waals surface area contributed by atoms with Gasteiger partial charge in [-0.2, -0.15) is 0 Å². The first-order valence-corrected chi connectivity index (χ1v) is 11.9. The molecule has 2 aromatic rings. The van der Waals surface area contributed by atoms with Gasteiger partial charge in [-0.3, -0.25) is 19.3 Å². The highest BCUT2D eigenvalue weighted by Gasteiger charge is 2.41. The maximum absolute atomic E-state index is 12.9. The number of anilines is 1. The average Bonchev–Trinajstić information content (AvgIpc) is 3.10. The first kappa shape index (κ1) is 24.6. The lowest BCUT2D eigenvalue weighted by Crippen LogP contribution is -2.43. The molecule has 184 valence electrons. The van der Waals surface area contributed by atoms with Crippen molar-refractivity contribution in [2.75, 3.05) is 19.5 Å². The number of carbonyl (C=O) groups excluding carboxylic acids is 3. The topological polar surface area (TPSA) is 97.0 Å². The van der Waals surface area contributed by atoms with E-state index in [0.29, 0.717) is 22.7 Å². The molecule has 0 saturated heterocycles. The Labute approximate surface area is 209 Å². The predicted octanol–water partition coefficient (Wildman–Crippen LogP) is 4.20. The zero-order valence-corrected chi connectivity index (χ0v) is 20.5. The minimum absolute atomic E-state index is 0.0648. The first-order chi connectivity index (χ1) is 16.9. The Hall–Kier alpha value is -3.52. The van der Waals surface area contributed by atoms with Gasteiger partial charge in [-0.15, -0.1) is 0 Å². The second-order valence-electron chi connectivity index (χ2n) is 8.53. The van der Waals surface area contributed by atoms with E-state index < -0.39 is 5.91 Å². The second kappa shape index (κ2) is 10.8. The highest BCUT2D eigenvalue weighted by Crippen LogP contribution is 2.31. The van der Waals surface area contributed by atoms with Crippen LogP contribution in [-0.4, -0.2) is 42.9 Å². The summed E-state index contributed by atoms with van der Waals surface area (Å²) in [7, 11) is 3.08. The third-order valence-electron chi connectivity index (χ3n) is 6.34. The van der Waals surface area contributed by atoms with Crippen LogP contribution < -0.4 is 20.1 Å². The van der Waals surface area contributed by atoms with E-state index in [1.54, 1.807) is 49.6 Å². The fourth-order valence-electron chi connectivity index (χ4n) is 4.40. The van der Waals surface area contributed by atoms with Gasteiger partial charge in [-0.1, -0.05) is 43.0 Å². The van der Waals surface area contributed by atoms with Crippen LogP contribution in [0.5, 0.6) is 11.5 Å². The molecule has 2 aliphatic rings. The molecule has 0 bridgehead atoms. The predicted molar refractivity (Wildman–Crippen MR) is 132 cm³/mol. The maximum atomic E-state index is 12.9. The number of benzene rings is 2. The monoisotopic (exact) mass is 497 g/mol. The van der Waals surface area contributed by atoms with Crippen molar-refractivity contribution in [3.63, 3.8) is 0 Å². The molecule has 1 aliphatic heterocycles. The highest BCUT2D eigenvalue weighted by molar-refractivity contribution is 6.47. The van der Waals surface area contributed by atoms with Crippen LogP contribution in [0.1, 0.15) is 48.0 Å². The molecule has 0 unspecified atom stereocenters. The maximum Gasteiger partial charge on any atom is 0.278 e. The summed E-state index contributed by atoms with van der Waals surface area (Å²) >= 11 is 6.23. The summed E-state index contributed by atoms with van der Waals surface area (Å²) < 4.78 is 10.5. The Morgan fingerprint density at radius 3 is 2.37 bits per heavy atom. The number of amides is 3. The average molecular weight is 498 g/mol. The molecule has 4 rings (SSSR count). The lowest BCUT2D eigenvalue weighted by Gasteiger charge is -2.29. The zero-order valence-electron chi connectivity index (χ0n) is 19.7. The van der Waals surface area contributed by atoms with Gasteiger partial charge in [0, 0.05) is 24.2 Å². The molecule has 1 heterocycles. The molecule has 1 saturated carbocycles. The van der Waals surface area contributed by atoms with E-state index in [-0.39, 0.29) is 35.1 Å². The lowest BCUT2D eigenvalue weighted by atomic mass is 9.94. The molecule has 1 fully saturated rings. The van der Waals surface area contributed by atoms with Crippen LogP contribution in [0.3, 0.4) is 0 Å². The molecule has 8 nitrogen and oxygen atoms in total. The molecule has 0 radical (unpaired) electrons. The van der Waals surface area contributed by atoms with Crippen molar-refractivity contribution in [3.8, 4) is 11.5 Å². The smallest absolute Gasteiger partial charge is 0.278 e. The van der Waals surface area contributed by atoms with Gasteiger partial charge in [0.1, 0.15) is 22.2 Å². The number of nitrogens with one attached hydrogen (secondary N) is 2. The number of hydrogen-bond acceptors (Lipinski definition) is 6. The molecule has 3 amide bonds. The van der Waals surface area contributed by atoms with Gasteiger partial charge in [0.05, 0.1) is 19.9 Å². The number of carbonyl (C=O) groups is 3. The molecule has 1 aliphatic carbocycles. The summed E-state index contributed by atoms with van der Waals surface area (Å²) in [6.07, 6.45) is 4.78. The van der Waals surface area contributed by atoms with Crippen LogP contribution >= 0.6 is 11.6 Å². The lowest BCUT2D eigenvalue weighted by molar-refractivity contribution is -0.140.